The van der Waals surface area contributed by atoms with Gasteiger partial charge in [0.25, 0.3) is 11.1 Å². The van der Waals surface area contributed by atoms with E-state index in [0.29, 0.717) is 40.6 Å². The Bertz CT molecular complexity index is 1490. The number of amides is 2. The van der Waals surface area contributed by atoms with E-state index in [0.717, 1.165) is 37.2 Å². The predicted octanol–water partition coefficient (Wildman–Crippen LogP) is 5.66. The molecule has 39 heavy (non-hydrogen) atoms. The Labute approximate surface area is 231 Å². The first-order valence-corrected chi connectivity index (χ1v) is 13.8. The molecule has 0 N–H and O–H groups in total. The number of halogens is 4. The topological polar surface area (TPSA) is 67.7 Å². The number of ether oxygens (including phenoxy) is 1. The largest absolute Gasteiger partial charge is 0.416 e. The molecule has 0 spiro atoms. The molecule has 7 nitrogen and oxygen atoms in total. The molecule has 0 saturated carbocycles. The van der Waals surface area contributed by atoms with E-state index in [4.69, 9.17) is 16.3 Å². The lowest BCUT2D eigenvalue weighted by molar-refractivity contribution is -0.138. The molecule has 3 fully saturated rings. The summed E-state index contributed by atoms with van der Waals surface area (Å²) in [6, 6.07) is 9.40. The molecule has 1 aromatic heterocycles. The second-order valence-electron chi connectivity index (χ2n) is 9.96. The van der Waals surface area contributed by atoms with Gasteiger partial charge in [-0.05, 0) is 72.6 Å². The highest BCUT2D eigenvalue weighted by Gasteiger charge is 2.39. The number of carbonyl (C=O) groups is 2. The number of thioether (sulfide) groups is 1. The number of benzene rings is 2. The molecule has 3 aliphatic heterocycles. The number of morpholine rings is 1. The lowest BCUT2D eigenvalue weighted by Gasteiger charge is -2.36. The fourth-order valence-corrected chi connectivity index (χ4v) is 6.46. The summed E-state index contributed by atoms with van der Waals surface area (Å²) in [7, 11) is 0. The van der Waals surface area contributed by atoms with E-state index in [1.807, 2.05) is 0 Å². The van der Waals surface area contributed by atoms with Crippen LogP contribution in [-0.2, 0) is 22.3 Å². The van der Waals surface area contributed by atoms with Gasteiger partial charge in [-0.25, -0.2) is 0 Å². The van der Waals surface area contributed by atoms with Crippen LogP contribution in [0.15, 0.2) is 47.5 Å². The maximum Gasteiger partial charge on any atom is 0.416 e. The van der Waals surface area contributed by atoms with Crippen LogP contribution in [0.5, 0.6) is 0 Å². The van der Waals surface area contributed by atoms with E-state index in [1.165, 1.54) is 21.7 Å². The molecule has 12 heteroatoms. The van der Waals surface area contributed by atoms with Gasteiger partial charge in [0.05, 0.1) is 48.0 Å². The van der Waals surface area contributed by atoms with E-state index < -0.39 is 11.7 Å². The molecule has 0 aliphatic carbocycles. The molecule has 4 heterocycles. The number of hydrogen-bond donors (Lipinski definition) is 0. The Morgan fingerprint density at radius 1 is 1.18 bits per heavy atom. The normalized spacial score (nSPS) is 23.4. The first-order valence-electron chi connectivity index (χ1n) is 12.6. The van der Waals surface area contributed by atoms with Crippen molar-refractivity contribution < 1.29 is 27.5 Å². The third-order valence-corrected chi connectivity index (χ3v) is 8.52. The van der Waals surface area contributed by atoms with Crippen LogP contribution in [0.2, 0.25) is 5.02 Å². The van der Waals surface area contributed by atoms with E-state index in [2.05, 4.69) is 10.00 Å². The Kier molecular flexibility index (Phi) is 6.95. The maximum atomic E-state index is 13.5. The van der Waals surface area contributed by atoms with Crippen molar-refractivity contribution in [1.82, 2.24) is 19.6 Å². The molecule has 3 aliphatic rings. The molecule has 3 aromatic rings. The second-order valence-corrected chi connectivity index (χ2v) is 11.4. The van der Waals surface area contributed by atoms with Crippen molar-refractivity contribution in [2.24, 2.45) is 0 Å². The van der Waals surface area contributed by atoms with E-state index in [9.17, 15) is 22.8 Å². The van der Waals surface area contributed by atoms with E-state index in [1.54, 1.807) is 30.5 Å². The Balaban J connectivity index is 1.18. The van der Waals surface area contributed by atoms with Gasteiger partial charge < -0.3 is 4.74 Å². The molecule has 0 unspecified atom stereocenters. The van der Waals surface area contributed by atoms with E-state index in [-0.39, 0.29) is 40.9 Å². The number of nitrogens with zero attached hydrogens (tertiary/aromatic N) is 4. The van der Waals surface area contributed by atoms with Gasteiger partial charge in [-0.2, -0.15) is 18.3 Å². The fraction of sp³-hybridized carbons (Fsp3) is 0.370. The van der Waals surface area contributed by atoms with Crippen LogP contribution in [0.1, 0.15) is 29.5 Å². The number of imide groups is 1. The Morgan fingerprint density at radius 3 is 2.85 bits per heavy atom. The van der Waals surface area contributed by atoms with Gasteiger partial charge >= 0.3 is 6.18 Å². The monoisotopic (exact) mass is 576 g/mol. The van der Waals surface area contributed by atoms with Crippen LogP contribution in [0.4, 0.5) is 18.0 Å². The minimum atomic E-state index is -4.54. The highest BCUT2D eigenvalue weighted by molar-refractivity contribution is 8.18. The van der Waals surface area contributed by atoms with Crippen LogP contribution in [0, 0.1) is 0 Å². The fourth-order valence-electron chi connectivity index (χ4n) is 5.44. The maximum absolute atomic E-state index is 13.5. The lowest BCUT2D eigenvalue weighted by atomic mass is 10.1. The lowest BCUT2D eigenvalue weighted by Crippen LogP contribution is -2.50. The van der Waals surface area contributed by atoms with Crippen molar-refractivity contribution in [2.75, 3.05) is 26.2 Å². The van der Waals surface area contributed by atoms with Gasteiger partial charge in [-0.1, -0.05) is 23.7 Å². The summed E-state index contributed by atoms with van der Waals surface area (Å²) in [5, 5.41) is 4.66. The van der Waals surface area contributed by atoms with Crippen molar-refractivity contribution in [3.8, 4) is 0 Å². The molecule has 0 bridgehead atoms. The zero-order valence-electron chi connectivity index (χ0n) is 20.7. The van der Waals surface area contributed by atoms with Crippen molar-refractivity contribution in [3.63, 3.8) is 0 Å². The third-order valence-electron chi connectivity index (χ3n) is 7.38. The van der Waals surface area contributed by atoms with E-state index >= 15 is 0 Å². The third kappa shape index (κ3) is 5.32. The molecule has 6 rings (SSSR count). The number of fused-ring (bicyclic) bond motifs is 2. The van der Waals surface area contributed by atoms with Crippen LogP contribution in [-0.4, -0.2) is 69.1 Å². The van der Waals surface area contributed by atoms with Crippen molar-refractivity contribution in [3.05, 3.63) is 69.2 Å². The highest BCUT2D eigenvalue weighted by atomic mass is 35.5. The number of carbonyl (C=O) groups excluding carboxylic acids is 2. The van der Waals surface area contributed by atoms with Gasteiger partial charge in [0.2, 0.25) is 0 Å². The summed E-state index contributed by atoms with van der Waals surface area (Å²) < 4.78 is 48.0. The average molecular weight is 577 g/mol. The van der Waals surface area contributed by atoms with Crippen LogP contribution < -0.4 is 0 Å². The molecule has 204 valence electrons. The average Bonchev–Trinajstić information content (AvgIpc) is 3.59. The molecule has 2 aromatic carbocycles. The summed E-state index contributed by atoms with van der Waals surface area (Å²) in [5.41, 5.74) is 0.573. The van der Waals surface area contributed by atoms with Crippen molar-refractivity contribution in [1.29, 1.82) is 0 Å². The summed E-state index contributed by atoms with van der Waals surface area (Å²) in [4.78, 5) is 29.6. The number of aromatic nitrogens is 2. The Morgan fingerprint density at radius 2 is 2.03 bits per heavy atom. The number of hydrogen-bond acceptors (Lipinski definition) is 6. The molecule has 2 amide bonds. The minimum absolute atomic E-state index is 0.0111. The predicted molar refractivity (Wildman–Crippen MR) is 142 cm³/mol. The smallest absolute Gasteiger partial charge is 0.373 e. The SMILES string of the molecule is O=C1S/C(=C\c2ccc3c(cnn3Cc3ccc(Cl)cc3C(F)(F)F)c2)C(=O)N1C[C@@H]1CN2CCC[C@H]2CO1. The summed E-state index contributed by atoms with van der Waals surface area (Å²) in [5.74, 6) is -0.352. The standard InChI is InChI=1S/C27H24ClF3N4O3S/c28-19-5-4-17(22(10-19)27(29,30)31)12-35-23-6-3-16(8-18(23)11-32-35)9-24-25(36)34(26(37)39-24)14-21-13-33-7-1-2-20(33)15-38-21/h3-6,8-11,20-21H,1-2,7,12-15H2/b24-9-/t20-,21-/m0/s1. The summed E-state index contributed by atoms with van der Waals surface area (Å²) in [6.45, 7) is 2.50. The highest BCUT2D eigenvalue weighted by Crippen LogP contribution is 2.36. The van der Waals surface area contributed by atoms with Crippen LogP contribution in [0.25, 0.3) is 17.0 Å². The number of alkyl halides is 3. The van der Waals surface area contributed by atoms with Gasteiger partial charge in [0.15, 0.2) is 0 Å². The number of rotatable bonds is 5. The summed E-state index contributed by atoms with van der Waals surface area (Å²) in [6.07, 6.45) is 0.737. The van der Waals surface area contributed by atoms with Crippen molar-refractivity contribution >= 4 is 51.5 Å². The first-order chi connectivity index (χ1) is 18.7. The molecule has 0 radical (unpaired) electrons. The molecular weight excluding hydrogens is 553 g/mol. The van der Waals surface area contributed by atoms with Crippen LogP contribution in [0.3, 0.4) is 0 Å². The Hall–Kier alpha value is -2.86. The van der Waals surface area contributed by atoms with Crippen LogP contribution >= 0.6 is 23.4 Å². The van der Waals surface area contributed by atoms with Gasteiger partial charge in [0, 0.05) is 23.0 Å². The molecule has 3 saturated heterocycles. The zero-order chi connectivity index (χ0) is 27.3. The molecular formula is C27H24ClF3N4O3S. The first kappa shape index (κ1) is 26.4. The quantitative estimate of drug-likeness (QED) is 0.365. The second kappa shape index (κ2) is 10.3. The molecule has 2 atom stereocenters. The van der Waals surface area contributed by atoms with Crippen molar-refractivity contribution in [2.45, 2.75) is 37.7 Å². The van der Waals surface area contributed by atoms with Gasteiger partial charge in [-0.3, -0.25) is 24.1 Å². The zero-order valence-corrected chi connectivity index (χ0v) is 22.2. The summed E-state index contributed by atoms with van der Waals surface area (Å²) >= 11 is 6.69. The van der Waals surface area contributed by atoms with Gasteiger partial charge in [-0.15, -0.1) is 0 Å². The van der Waals surface area contributed by atoms with Gasteiger partial charge in [0.1, 0.15) is 0 Å². The minimum Gasteiger partial charge on any atom is -0.373 e.